The molecule has 1 aliphatic carbocycles. The van der Waals surface area contributed by atoms with E-state index < -0.39 is 28.5 Å². The van der Waals surface area contributed by atoms with Gasteiger partial charge in [0.2, 0.25) is 21.8 Å². The summed E-state index contributed by atoms with van der Waals surface area (Å²) in [6.45, 7) is 3.40. The minimum Gasteiger partial charge on any atom is -0.352 e. The van der Waals surface area contributed by atoms with Crippen molar-refractivity contribution < 1.29 is 18.0 Å². The van der Waals surface area contributed by atoms with E-state index in [0.29, 0.717) is 21.3 Å². The molecule has 7 nitrogen and oxygen atoms in total. The zero-order valence-electron chi connectivity index (χ0n) is 24.9. The van der Waals surface area contributed by atoms with Crippen molar-refractivity contribution >= 4 is 50.7 Å². The zero-order valence-corrected chi connectivity index (χ0v) is 27.2. The number of sulfonamides is 1. The Labute approximate surface area is 265 Å². The maximum Gasteiger partial charge on any atom is 0.244 e. The lowest BCUT2D eigenvalue weighted by molar-refractivity contribution is -0.140. The molecule has 3 aromatic rings. The third kappa shape index (κ3) is 8.97. The molecule has 0 radical (unpaired) electrons. The molecule has 1 saturated carbocycles. The monoisotopic (exact) mass is 643 g/mol. The van der Waals surface area contributed by atoms with Gasteiger partial charge in [0.05, 0.1) is 22.0 Å². The SMILES string of the molecule is Cc1ccc(N(CC(=O)N(Cc2ccc(Cl)c(Cl)c2)C(Cc2ccccc2)C(=O)NC2CCCCC2)S(C)(=O)=O)cc1C. The van der Waals surface area contributed by atoms with E-state index in [2.05, 4.69) is 5.32 Å². The molecule has 0 bridgehead atoms. The third-order valence-corrected chi connectivity index (χ3v) is 9.90. The van der Waals surface area contributed by atoms with E-state index >= 15 is 0 Å². The summed E-state index contributed by atoms with van der Waals surface area (Å²) in [6, 6.07) is 19.0. The van der Waals surface area contributed by atoms with Crippen LogP contribution < -0.4 is 9.62 Å². The topological polar surface area (TPSA) is 86.8 Å². The average molecular weight is 645 g/mol. The highest BCUT2D eigenvalue weighted by Crippen LogP contribution is 2.26. The molecule has 0 saturated heterocycles. The molecular weight excluding hydrogens is 605 g/mol. The standard InChI is InChI=1S/C33H39Cl2N3O4S/c1-23-14-16-28(18-24(23)2)38(43(3,41)42)22-32(39)37(21-26-15-17-29(34)30(35)19-26)31(20-25-10-6-4-7-11-25)33(40)36-27-12-8-5-9-13-27/h4,6-7,10-11,14-19,27,31H,5,8-9,12-13,20-22H2,1-3H3,(H,36,40). The lowest BCUT2D eigenvalue weighted by Crippen LogP contribution is -2.55. The molecule has 1 fully saturated rings. The number of amides is 2. The van der Waals surface area contributed by atoms with Crippen LogP contribution in [0.25, 0.3) is 0 Å². The van der Waals surface area contributed by atoms with Crippen LogP contribution in [0.2, 0.25) is 10.0 Å². The fourth-order valence-electron chi connectivity index (χ4n) is 5.43. The normalized spacial score (nSPS) is 14.6. The number of hydrogen-bond acceptors (Lipinski definition) is 4. The molecule has 0 aliphatic heterocycles. The summed E-state index contributed by atoms with van der Waals surface area (Å²) in [5.41, 5.74) is 3.85. The molecule has 230 valence electrons. The van der Waals surface area contributed by atoms with Gasteiger partial charge in [0.25, 0.3) is 0 Å². The Morgan fingerprint density at radius 2 is 1.58 bits per heavy atom. The average Bonchev–Trinajstić information content (AvgIpc) is 2.97. The number of hydrogen-bond donors (Lipinski definition) is 1. The highest BCUT2D eigenvalue weighted by Gasteiger charge is 2.34. The van der Waals surface area contributed by atoms with Gasteiger partial charge in [0.15, 0.2) is 0 Å². The molecule has 3 aromatic carbocycles. The molecule has 1 aliphatic rings. The van der Waals surface area contributed by atoms with Crippen LogP contribution in [0.1, 0.15) is 54.4 Å². The fourth-order valence-corrected chi connectivity index (χ4v) is 6.59. The van der Waals surface area contributed by atoms with Crippen molar-refractivity contribution in [2.45, 2.75) is 71.0 Å². The van der Waals surface area contributed by atoms with E-state index in [4.69, 9.17) is 23.2 Å². The first-order valence-electron chi connectivity index (χ1n) is 14.5. The highest BCUT2D eigenvalue weighted by atomic mass is 35.5. The summed E-state index contributed by atoms with van der Waals surface area (Å²) in [6.07, 6.45) is 6.34. The summed E-state index contributed by atoms with van der Waals surface area (Å²) in [4.78, 5) is 29.8. The molecule has 0 spiro atoms. The molecule has 4 rings (SSSR count). The van der Waals surface area contributed by atoms with Crippen LogP contribution in [0.5, 0.6) is 0 Å². The van der Waals surface area contributed by atoms with E-state index in [9.17, 15) is 18.0 Å². The fraction of sp³-hybridized carbons (Fsp3) is 0.394. The number of rotatable bonds is 11. The molecule has 43 heavy (non-hydrogen) atoms. The number of benzene rings is 3. The molecule has 2 amide bonds. The number of nitrogens with one attached hydrogen (secondary N) is 1. The summed E-state index contributed by atoms with van der Waals surface area (Å²) in [5, 5.41) is 3.90. The maximum absolute atomic E-state index is 14.3. The van der Waals surface area contributed by atoms with Gasteiger partial charge >= 0.3 is 0 Å². The van der Waals surface area contributed by atoms with Crippen molar-refractivity contribution in [2.75, 3.05) is 17.1 Å². The summed E-state index contributed by atoms with van der Waals surface area (Å²) in [5.74, 6) is -0.768. The van der Waals surface area contributed by atoms with Crippen molar-refractivity contribution in [1.29, 1.82) is 0 Å². The Balaban J connectivity index is 1.74. The smallest absolute Gasteiger partial charge is 0.244 e. The van der Waals surface area contributed by atoms with Crippen LogP contribution in [0.3, 0.4) is 0 Å². The minimum absolute atomic E-state index is 0.0319. The van der Waals surface area contributed by atoms with Gasteiger partial charge in [0, 0.05) is 19.0 Å². The maximum atomic E-state index is 14.3. The number of nitrogens with zero attached hydrogens (tertiary/aromatic N) is 2. The van der Waals surface area contributed by atoms with E-state index in [1.807, 2.05) is 50.2 Å². The van der Waals surface area contributed by atoms with Gasteiger partial charge in [-0.15, -0.1) is 0 Å². The van der Waals surface area contributed by atoms with Gasteiger partial charge in [-0.25, -0.2) is 8.42 Å². The first kappa shape index (κ1) is 32.8. The predicted octanol–water partition coefficient (Wildman–Crippen LogP) is 6.47. The first-order chi connectivity index (χ1) is 20.4. The van der Waals surface area contributed by atoms with Gasteiger partial charge in [0.1, 0.15) is 12.6 Å². The van der Waals surface area contributed by atoms with Gasteiger partial charge in [-0.1, -0.05) is 84.9 Å². The number of halogens is 2. The van der Waals surface area contributed by atoms with Gasteiger partial charge in [-0.05, 0) is 73.2 Å². The second-order valence-corrected chi connectivity index (χ2v) is 14.1. The van der Waals surface area contributed by atoms with Gasteiger partial charge in [-0.3, -0.25) is 13.9 Å². The largest absolute Gasteiger partial charge is 0.352 e. The van der Waals surface area contributed by atoms with E-state index in [1.165, 1.54) is 4.90 Å². The van der Waals surface area contributed by atoms with Crippen molar-refractivity contribution in [3.63, 3.8) is 0 Å². The van der Waals surface area contributed by atoms with Crippen molar-refractivity contribution in [1.82, 2.24) is 10.2 Å². The Bertz CT molecular complexity index is 1540. The summed E-state index contributed by atoms with van der Waals surface area (Å²) < 4.78 is 27.2. The van der Waals surface area contributed by atoms with Gasteiger partial charge < -0.3 is 10.2 Å². The Morgan fingerprint density at radius 1 is 0.884 bits per heavy atom. The minimum atomic E-state index is -3.84. The van der Waals surface area contributed by atoms with Crippen LogP contribution in [0, 0.1) is 13.8 Å². The number of carbonyl (C=O) groups is 2. The van der Waals surface area contributed by atoms with Crippen LogP contribution in [0.15, 0.2) is 66.7 Å². The number of aryl methyl sites for hydroxylation is 2. The van der Waals surface area contributed by atoms with Crippen LogP contribution in [-0.2, 0) is 32.6 Å². The van der Waals surface area contributed by atoms with E-state index in [0.717, 1.165) is 59.4 Å². The molecule has 1 atom stereocenters. The zero-order chi connectivity index (χ0) is 31.1. The molecule has 0 heterocycles. The molecule has 1 N–H and O–H groups in total. The quantitative estimate of drug-likeness (QED) is 0.260. The third-order valence-electron chi connectivity index (χ3n) is 8.02. The van der Waals surface area contributed by atoms with Crippen molar-refractivity contribution in [2.24, 2.45) is 0 Å². The summed E-state index contributed by atoms with van der Waals surface area (Å²) in [7, 11) is -3.84. The lowest BCUT2D eigenvalue weighted by Gasteiger charge is -2.35. The Hall–Kier alpha value is -3.07. The number of carbonyl (C=O) groups excluding carboxylic acids is 2. The second-order valence-electron chi connectivity index (χ2n) is 11.4. The molecule has 10 heteroatoms. The van der Waals surface area contributed by atoms with E-state index in [1.54, 1.807) is 30.3 Å². The van der Waals surface area contributed by atoms with Crippen molar-refractivity contribution in [3.05, 3.63) is 99.0 Å². The molecule has 1 unspecified atom stereocenters. The summed E-state index contributed by atoms with van der Waals surface area (Å²) >= 11 is 12.5. The first-order valence-corrected chi connectivity index (χ1v) is 17.2. The molecular formula is C33H39Cl2N3O4S. The van der Waals surface area contributed by atoms with Crippen molar-refractivity contribution in [3.8, 4) is 0 Å². The predicted molar refractivity (Wildman–Crippen MR) is 174 cm³/mol. The van der Waals surface area contributed by atoms with Crippen LogP contribution in [0.4, 0.5) is 5.69 Å². The van der Waals surface area contributed by atoms with E-state index in [-0.39, 0.29) is 24.9 Å². The highest BCUT2D eigenvalue weighted by molar-refractivity contribution is 7.92. The van der Waals surface area contributed by atoms with Gasteiger partial charge in [-0.2, -0.15) is 0 Å². The van der Waals surface area contributed by atoms with Crippen LogP contribution >= 0.6 is 23.2 Å². The molecule has 0 aromatic heterocycles. The Morgan fingerprint density at radius 3 is 2.21 bits per heavy atom. The number of anilines is 1. The lowest BCUT2D eigenvalue weighted by atomic mass is 9.94. The van der Waals surface area contributed by atoms with Crippen LogP contribution in [-0.4, -0.2) is 50.0 Å². The Kier molecular flexibility index (Phi) is 11.2. The second kappa shape index (κ2) is 14.6.